The van der Waals surface area contributed by atoms with E-state index in [-0.39, 0.29) is 11.9 Å². The van der Waals surface area contributed by atoms with Crippen molar-refractivity contribution in [3.05, 3.63) is 0 Å². The summed E-state index contributed by atoms with van der Waals surface area (Å²) in [6.07, 6.45) is 1.91. The van der Waals surface area contributed by atoms with Gasteiger partial charge in [0.15, 0.2) is 0 Å². The van der Waals surface area contributed by atoms with Gasteiger partial charge in [0.1, 0.15) is 5.92 Å². The minimum atomic E-state index is -0.753. The summed E-state index contributed by atoms with van der Waals surface area (Å²) in [6.45, 7) is 11.7. The third-order valence-electron chi connectivity index (χ3n) is 2.76. The lowest BCUT2D eigenvalue weighted by atomic mass is 9.80. The first-order chi connectivity index (χ1) is 8.23. The third kappa shape index (κ3) is 5.52. The van der Waals surface area contributed by atoms with Crippen LogP contribution in [0.1, 0.15) is 54.4 Å². The molecule has 0 bridgehead atoms. The molecule has 4 heteroatoms. The van der Waals surface area contributed by atoms with Gasteiger partial charge in [-0.2, -0.15) is 0 Å². The largest absolute Gasteiger partial charge is 0.465 e. The van der Waals surface area contributed by atoms with Crippen molar-refractivity contribution in [3.63, 3.8) is 0 Å². The van der Waals surface area contributed by atoms with E-state index in [0.717, 1.165) is 12.8 Å². The quantitative estimate of drug-likeness (QED) is 0.587. The molecule has 0 saturated carbocycles. The smallest absolute Gasteiger partial charge is 0.319 e. The van der Waals surface area contributed by atoms with Gasteiger partial charge in [-0.25, -0.2) is 0 Å². The fourth-order valence-corrected chi connectivity index (χ4v) is 1.91. The Hall–Kier alpha value is -1.06. The van der Waals surface area contributed by atoms with Crippen molar-refractivity contribution >= 4 is 11.9 Å². The van der Waals surface area contributed by atoms with Crippen LogP contribution in [0.2, 0.25) is 0 Å². The number of ether oxygens (including phenoxy) is 1. The molecule has 1 N–H and O–H groups in total. The van der Waals surface area contributed by atoms with Gasteiger partial charge in [0.25, 0.3) is 0 Å². The summed E-state index contributed by atoms with van der Waals surface area (Å²) >= 11 is 0. The van der Waals surface area contributed by atoms with Crippen molar-refractivity contribution in [3.8, 4) is 0 Å². The molecule has 0 heterocycles. The first-order valence-electron chi connectivity index (χ1n) is 6.71. The van der Waals surface area contributed by atoms with Gasteiger partial charge >= 0.3 is 5.97 Å². The van der Waals surface area contributed by atoms with Crippen LogP contribution in [0, 0.1) is 11.3 Å². The van der Waals surface area contributed by atoms with Crippen molar-refractivity contribution in [2.45, 2.75) is 60.4 Å². The van der Waals surface area contributed by atoms with Gasteiger partial charge in [0.2, 0.25) is 5.91 Å². The van der Waals surface area contributed by atoms with E-state index in [1.807, 2.05) is 27.7 Å². The number of carbonyl (C=O) groups excluding carboxylic acids is 2. The maximum absolute atomic E-state index is 12.2. The van der Waals surface area contributed by atoms with E-state index in [1.54, 1.807) is 6.92 Å². The highest BCUT2D eigenvalue weighted by atomic mass is 16.5. The fraction of sp³-hybridized carbons (Fsp3) is 0.857. The monoisotopic (exact) mass is 257 g/mol. The van der Waals surface area contributed by atoms with E-state index in [2.05, 4.69) is 12.2 Å². The van der Waals surface area contributed by atoms with Gasteiger partial charge in [-0.1, -0.05) is 34.1 Å². The van der Waals surface area contributed by atoms with E-state index in [4.69, 9.17) is 4.74 Å². The van der Waals surface area contributed by atoms with Gasteiger partial charge in [-0.3, -0.25) is 9.59 Å². The Morgan fingerprint density at radius 2 is 1.78 bits per heavy atom. The molecule has 0 rings (SSSR count). The van der Waals surface area contributed by atoms with Crippen LogP contribution in [0.3, 0.4) is 0 Å². The first kappa shape index (κ1) is 16.9. The molecule has 2 atom stereocenters. The molecule has 18 heavy (non-hydrogen) atoms. The van der Waals surface area contributed by atoms with Crippen LogP contribution >= 0.6 is 0 Å². The number of carbonyl (C=O) groups is 2. The van der Waals surface area contributed by atoms with Crippen molar-refractivity contribution in [2.24, 2.45) is 11.3 Å². The molecule has 0 radical (unpaired) electrons. The summed E-state index contributed by atoms with van der Waals surface area (Å²) in [5.74, 6) is -1.43. The number of rotatable bonds is 6. The van der Waals surface area contributed by atoms with Crippen molar-refractivity contribution < 1.29 is 14.3 Å². The molecule has 106 valence electrons. The zero-order chi connectivity index (χ0) is 14.3. The van der Waals surface area contributed by atoms with Gasteiger partial charge < -0.3 is 10.1 Å². The number of hydrogen-bond acceptors (Lipinski definition) is 3. The van der Waals surface area contributed by atoms with E-state index < -0.39 is 17.3 Å². The molecule has 0 aromatic carbocycles. The normalized spacial score (nSPS) is 14.8. The summed E-state index contributed by atoms with van der Waals surface area (Å²) in [4.78, 5) is 24.1. The molecule has 2 unspecified atom stereocenters. The Morgan fingerprint density at radius 1 is 1.22 bits per heavy atom. The SMILES string of the molecule is CCCC(C)NC(=O)C(C(=O)OCC)C(C)(C)C. The molecule has 4 nitrogen and oxygen atoms in total. The van der Waals surface area contributed by atoms with Gasteiger partial charge in [0, 0.05) is 6.04 Å². The van der Waals surface area contributed by atoms with Crippen molar-refractivity contribution in [2.75, 3.05) is 6.61 Å². The number of esters is 1. The molecule has 1 amide bonds. The Bertz CT molecular complexity index is 281. The molecule has 0 aliphatic heterocycles. The predicted molar refractivity (Wildman–Crippen MR) is 72.1 cm³/mol. The summed E-state index contributed by atoms with van der Waals surface area (Å²) in [6, 6.07) is 0.0850. The lowest BCUT2D eigenvalue weighted by Gasteiger charge is -2.28. The lowest BCUT2D eigenvalue weighted by Crippen LogP contribution is -2.46. The summed E-state index contributed by atoms with van der Waals surface area (Å²) < 4.78 is 4.99. The zero-order valence-corrected chi connectivity index (χ0v) is 12.5. The number of nitrogens with one attached hydrogen (secondary N) is 1. The highest BCUT2D eigenvalue weighted by Gasteiger charge is 2.39. The molecule has 0 aliphatic carbocycles. The number of amides is 1. The molecule has 0 aromatic heterocycles. The molecule has 0 aromatic rings. The minimum Gasteiger partial charge on any atom is -0.465 e. The van der Waals surface area contributed by atoms with E-state index in [0.29, 0.717) is 6.61 Å². The average Bonchev–Trinajstić information content (AvgIpc) is 2.15. The Labute approximate surface area is 110 Å². The van der Waals surface area contributed by atoms with Crippen LogP contribution in [-0.2, 0) is 14.3 Å². The van der Waals surface area contributed by atoms with Crippen LogP contribution in [0.15, 0.2) is 0 Å². The predicted octanol–water partition coefficient (Wildman–Crippen LogP) is 2.52. The van der Waals surface area contributed by atoms with Gasteiger partial charge in [-0.15, -0.1) is 0 Å². The molecule has 0 fully saturated rings. The third-order valence-corrected chi connectivity index (χ3v) is 2.76. The Balaban J connectivity index is 4.77. The van der Waals surface area contributed by atoms with Crippen LogP contribution < -0.4 is 5.32 Å². The lowest BCUT2D eigenvalue weighted by molar-refractivity contribution is -0.156. The maximum Gasteiger partial charge on any atom is 0.319 e. The summed E-state index contributed by atoms with van der Waals surface area (Å²) in [5.41, 5.74) is -0.442. The van der Waals surface area contributed by atoms with Crippen LogP contribution in [0.25, 0.3) is 0 Å². The van der Waals surface area contributed by atoms with Gasteiger partial charge in [0.05, 0.1) is 6.61 Å². The standard InChI is InChI=1S/C14H27NO3/c1-7-9-10(3)15-12(16)11(14(4,5)6)13(17)18-8-2/h10-11H,7-9H2,1-6H3,(H,15,16). The second-order valence-corrected chi connectivity index (χ2v) is 5.75. The zero-order valence-electron chi connectivity index (χ0n) is 12.5. The van der Waals surface area contributed by atoms with E-state index in [9.17, 15) is 9.59 Å². The highest BCUT2D eigenvalue weighted by Crippen LogP contribution is 2.27. The highest BCUT2D eigenvalue weighted by molar-refractivity contribution is 5.98. The van der Waals surface area contributed by atoms with Crippen LogP contribution in [0.5, 0.6) is 0 Å². The molecular weight excluding hydrogens is 230 g/mol. The Kier molecular flexibility index (Phi) is 6.96. The van der Waals surface area contributed by atoms with Crippen LogP contribution in [-0.4, -0.2) is 24.5 Å². The first-order valence-corrected chi connectivity index (χ1v) is 6.71. The van der Waals surface area contributed by atoms with E-state index in [1.165, 1.54) is 0 Å². The van der Waals surface area contributed by atoms with E-state index >= 15 is 0 Å². The second kappa shape index (κ2) is 7.39. The maximum atomic E-state index is 12.2. The van der Waals surface area contributed by atoms with Crippen molar-refractivity contribution in [1.29, 1.82) is 0 Å². The molecular formula is C14H27NO3. The van der Waals surface area contributed by atoms with Crippen molar-refractivity contribution in [1.82, 2.24) is 5.32 Å². The average molecular weight is 257 g/mol. The second-order valence-electron chi connectivity index (χ2n) is 5.75. The van der Waals surface area contributed by atoms with Gasteiger partial charge in [-0.05, 0) is 25.7 Å². The fourth-order valence-electron chi connectivity index (χ4n) is 1.91. The molecule has 0 aliphatic rings. The minimum absolute atomic E-state index is 0.0850. The summed E-state index contributed by atoms with van der Waals surface area (Å²) in [7, 11) is 0. The number of hydrogen-bond donors (Lipinski definition) is 1. The topological polar surface area (TPSA) is 55.4 Å². The van der Waals surface area contributed by atoms with Crippen LogP contribution in [0.4, 0.5) is 0 Å². The molecule has 0 saturated heterocycles. The summed E-state index contributed by atoms with van der Waals surface area (Å²) in [5, 5.41) is 2.89. The molecule has 0 spiro atoms. The Morgan fingerprint density at radius 3 is 2.17 bits per heavy atom.